The number of halogens is 1. The first-order valence-corrected chi connectivity index (χ1v) is 4.60. The number of nitrogens with two attached hydrogens (primary N) is 1. The standard InChI is InChI=1S/C9H13FN4O2/c1-14(4-3-7(11)15)9-12-5-6(10)8(13-9)16-2/h5H,3-4H2,1-2H3,(H2,11,15). The smallest absolute Gasteiger partial charge is 0.255 e. The normalized spacial score (nSPS) is 9.94. The average Bonchev–Trinajstić information content (AvgIpc) is 2.26. The van der Waals surface area contributed by atoms with Crippen molar-refractivity contribution >= 4 is 11.9 Å². The Labute approximate surface area is 92.2 Å². The number of hydrogen-bond acceptors (Lipinski definition) is 5. The zero-order chi connectivity index (χ0) is 12.1. The predicted octanol–water partition coefficient (Wildman–Crippen LogP) is -0.0641. The Morgan fingerprint density at radius 2 is 2.38 bits per heavy atom. The minimum absolute atomic E-state index is 0.129. The predicted molar refractivity (Wildman–Crippen MR) is 55.6 cm³/mol. The van der Waals surface area contributed by atoms with Gasteiger partial charge in [0.1, 0.15) is 0 Å². The molecule has 7 heteroatoms. The van der Waals surface area contributed by atoms with E-state index in [1.165, 1.54) is 7.11 Å². The summed E-state index contributed by atoms with van der Waals surface area (Å²) in [6, 6.07) is 0. The fourth-order valence-corrected chi connectivity index (χ4v) is 1.05. The molecule has 88 valence electrons. The van der Waals surface area contributed by atoms with Crippen LogP contribution in [-0.4, -0.2) is 36.6 Å². The maximum Gasteiger partial charge on any atom is 0.255 e. The van der Waals surface area contributed by atoms with E-state index in [0.29, 0.717) is 6.54 Å². The van der Waals surface area contributed by atoms with E-state index >= 15 is 0 Å². The number of hydrogen-bond donors (Lipinski definition) is 1. The molecule has 1 aromatic heterocycles. The molecule has 0 spiro atoms. The summed E-state index contributed by atoms with van der Waals surface area (Å²) >= 11 is 0. The van der Waals surface area contributed by atoms with Crippen molar-refractivity contribution in [2.45, 2.75) is 6.42 Å². The van der Waals surface area contributed by atoms with Crippen LogP contribution in [0.4, 0.5) is 10.3 Å². The molecule has 16 heavy (non-hydrogen) atoms. The highest BCUT2D eigenvalue weighted by Gasteiger charge is 2.10. The Morgan fingerprint density at radius 1 is 1.69 bits per heavy atom. The summed E-state index contributed by atoms with van der Waals surface area (Å²) in [5.41, 5.74) is 5.01. The van der Waals surface area contributed by atoms with Gasteiger partial charge < -0.3 is 15.4 Å². The lowest BCUT2D eigenvalue weighted by atomic mass is 10.4. The Morgan fingerprint density at radius 3 is 2.94 bits per heavy atom. The van der Waals surface area contributed by atoms with Gasteiger partial charge in [-0.3, -0.25) is 4.79 Å². The number of nitrogens with zero attached hydrogens (tertiary/aromatic N) is 3. The van der Waals surface area contributed by atoms with Crippen LogP contribution in [0, 0.1) is 5.82 Å². The minimum atomic E-state index is -0.630. The third kappa shape index (κ3) is 3.04. The molecule has 1 heterocycles. The third-order valence-corrected chi connectivity index (χ3v) is 1.93. The minimum Gasteiger partial charge on any atom is -0.479 e. The highest BCUT2D eigenvalue weighted by molar-refractivity contribution is 5.74. The first kappa shape index (κ1) is 12.2. The van der Waals surface area contributed by atoms with E-state index < -0.39 is 11.7 Å². The molecule has 0 saturated heterocycles. The molecule has 1 amide bonds. The van der Waals surface area contributed by atoms with Gasteiger partial charge in [0.15, 0.2) is 0 Å². The highest BCUT2D eigenvalue weighted by atomic mass is 19.1. The summed E-state index contributed by atoms with van der Waals surface area (Å²) in [4.78, 5) is 19.8. The van der Waals surface area contributed by atoms with Crippen LogP contribution in [0.1, 0.15) is 6.42 Å². The Kier molecular flexibility index (Phi) is 3.98. The number of rotatable bonds is 5. The van der Waals surface area contributed by atoms with E-state index in [9.17, 15) is 9.18 Å². The van der Waals surface area contributed by atoms with Crippen molar-refractivity contribution < 1.29 is 13.9 Å². The molecular weight excluding hydrogens is 215 g/mol. The number of primary amides is 1. The SMILES string of the molecule is COc1nc(N(C)CCC(N)=O)ncc1F. The molecule has 0 saturated carbocycles. The van der Waals surface area contributed by atoms with Crippen LogP contribution in [0.2, 0.25) is 0 Å². The van der Waals surface area contributed by atoms with Crippen molar-refractivity contribution in [2.75, 3.05) is 25.6 Å². The number of anilines is 1. The van der Waals surface area contributed by atoms with Gasteiger partial charge in [-0.05, 0) is 0 Å². The number of methoxy groups -OCH3 is 1. The van der Waals surface area contributed by atoms with Crippen LogP contribution in [0.5, 0.6) is 5.88 Å². The fourth-order valence-electron chi connectivity index (χ4n) is 1.05. The van der Waals surface area contributed by atoms with Crippen LogP contribution >= 0.6 is 0 Å². The van der Waals surface area contributed by atoms with Gasteiger partial charge in [0, 0.05) is 20.0 Å². The summed E-state index contributed by atoms with van der Waals surface area (Å²) in [6.45, 7) is 0.365. The Hall–Kier alpha value is -1.92. The lowest BCUT2D eigenvalue weighted by Gasteiger charge is -2.16. The van der Waals surface area contributed by atoms with Gasteiger partial charge in [-0.25, -0.2) is 4.98 Å². The van der Waals surface area contributed by atoms with Gasteiger partial charge in [-0.2, -0.15) is 9.37 Å². The molecule has 0 atom stereocenters. The van der Waals surface area contributed by atoms with E-state index in [4.69, 9.17) is 10.5 Å². The van der Waals surface area contributed by atoms with Crippen molar-refractivity contribution in [3.63, 3.8) is 0 Å². The molecule has 0 aliphatic heterocycles. The molecule has 0 aliphatic rings. The van der Waals surface area contributed by atoms with Crippen LogP contribution in [0.25, 0.3) is 0 Å². The van der Waals surface area contributed by atoms with E-state index in [0.717, 1.165) is 6.20 Å². The number of carbonyl (C=O) groups excluding carboxylic acids is 1. The van der Waals surface area contributed by atoms with Crippen LogP contribution < -0.4 is 15.4 Å². The number of aromatic nitrogens is 2. The molecule has 0 radical (unpaired) electrons. The van der Waals surface area contributed by atoms with Gasteiger partial charge >= 0.3 is 0 Å². The Bertz CT molecular complexity index is 386. The first-order chi connectivity index (χ1) is 7.54. The second-order valence-electron chi connectivity index (χ2n) is 3.17. The molecule has 1 rings (SSSR count). The Balaban J connectivity index is 2.75. The number of ether oxygens (including phenoxy) is 1. The quantitative estimate of drug-likeness (QED) is 0.763. The highest BCUT2D eigenvalue weighted by Crippen LogP contribution is 2.15. The summed E-state index contributed by atoms with van der Waals surface area (Å²) in [5, 5.41) is 0. The molecular formula is C9H13FN4O2. The summed E-state index contributed by atoms with van der Waals surface area (Å²) in [7, 11) is 2.99. The molecule has 6 nitrogen and oxygen atoms in total. The topological polar surface area (TPSA) is 81.3 Å². The lowest BCUT2D eigenvalue weighted by molar-refractivity contribution is -0.117. The van der Waals surface area contributed by atoms with Crippen LogP contribution in [0.3, 0.4) is 0 Å². The van der Waals surface area contributed by atoms with E-state index in [1.807, 2.05) is 0 Å². The number of carbonyl (C=O) groups is 1. The van der Waals surface area contributed by atoms with E-state index in [2.05, 4.69) is 9.97 Å². The molecule has 0 aliphatic carbocycles. The van der Waals surface area contributed by atoms with Gasteiger partial charge in [0.05, 0.1) is 13.3 Å². The van der Waals surface area contributed by atoms with Crippen molar-refractivity contribution in [1.82, 2.24) is 9.97 Å². The molecule has 0 fully saturated rings. The van der Waals surface area contributed by atoms with Crippen molar-refractivity contribution in [3.8, 4) is 5.88 Å². The summed E-state index contributed by atoms with van der Waals surface area (Å²) in [5.74, 6) is -0.897. The van der Waals surface area contributed by atoms with Crippen molar-refractivity contribution in [3.05, 3.63) is 12.0 Å². The molecule has 0 bridgehead atoms. The zero-order valence-corrected chi connectivity index (χ0v) is 9.11. The van der Waals surface area contributed by atoms with Gasteiger partial charge in [0.25, 0.3) is 5.88 Å². The van der Waals surface area contributed by atoms with Gasteiger partial charge in [0.2, 0.25) is 17.7 Å². The van der Waals surface area contributed by atoms with Gasteiger partial charge in [-0.1, -0.05) is 0 Å². The van der Waals surface area contributed by atoms with Gasteiger partial charge in [-0.15, -0.1) is 0 Å². The van der Waals surface area contributed by atoms with Crippen LogP contribution in [0.15, 0.2) is 6.20 Å². The molecule has 2 N–H and O–H groups in total. The van der Waals surface area contributed by atoms with E-state index in [1.54, 1.807) is 11.9 Å². The zero-order valence-electron chi connectivity index (χ0n) is 9.11. The second kappa shape index (κ2) is 5.24. The van der Waals surface area contributed by atoms with Crippen LogP contribution in [-0.2, 0) is 4.79 Å². The van der Waals surface area contributed by atoms with Crippen molar-refractivity contribution in [2.24, 2.45) is 5.73 Å². The summed E-state index contributed by atoms with van der Waals surface area (Å²) in [6.07, 6.45) is 1.20. The lowest BCUT2D eigenvalue weighted by Crippen LogP contribution is -2.25. The maximum absolute atomic E-state index is 13.0. The molecule has 0 aromatic carbocycles. The number of amides is 1. The second-order valence-corrected chi connectivity index (χ2v) is 3.17. The van der Waals surface area contributed by atoms with Crippen molar-refractivity contribution in [1.29, 1.82) is 0 Å². The average molecular weight is 228 g/mol. The summed E-state index contributed by atoms with van der Waals surface area (Å²) < 4.78 is 17.7. The third-order valence-electron chi connectivity index (χ3n) is 1.93. The molecule has 1 aromatic rings. The van der Waals surface area contributed by atoms with E-state index in [-0.39, 0.29) is 18.2 Å². The first-order valence-electron chi connectivity index (χ1n) is 4.60. The monoisotopic (exact) mass is 228 g/mol. The molecule has 0 unspecified atom stereocenters. The largest absolute Gasteiger partial charge is 0.479 e. The maximum atomic E-state index is 13.0. The fraction of sp³-hybridized carbons (Fsp3) is 0.444.